The van der Waals surface area contributed by atoms with E-state index in [0.717, 1.165) is 24.5 Å². The van der Waals surface area contributed by atoms with Gasteiger partial charge in [-0.25, -0.2) is 4.79 Å². The summed E-state index contributed by atoms with van der Waals surface area (Å²) in [5.74, 6) is 0.524. The molecule has 2 aromatic rings. The Bertz CT molecular complexity index is 703. The number of hydrogen-bond donors (Lipinski definition) is 2. The summed E-state index contributed by atoms with van der Waals surface area (Å²) in [7, 11) is 0. The quantitative estimate of drug-likeness (QED) is 0.696. The minimum absolute atomic E-state index is 0.0163. The van der Waals surface area contributed by atoms with E-state index in [-0.39, 0.29) is 5.41 Å². The van der Waals surface area contributed by atoms with Gasteiger partial charge in [-0.3, -0.25) is 0 Å². The molecule has 0 saturated heterocycles. The smallest absolute Gasteiger partial charge is 0.335 e. The van der Waals surface area contributed by atoms with Gasteiger partial charge in [0.2, 0.25) is 0 Å². The molecule has 0 spiro atoms. The van der Waals surface area contributed by atoms with Gasteiger partial charge >= 0.3 is 5.97 Å². The van der Waals surface area contributed by atoms with Gasteiger partial charge in [-0.05, 0) is 41.3 Å². The van der Waals surface area contributed by atoms with E-state index in [4.69, 9.17) is 9.84 Å². The molecule has 26 heavy (non-hydrogen) atoms. The fourth-order valence-corrected chi connectivity index (χ4v) is 2.65. The Labute approximate surface area is 156 Å². The summed E-state index contributed by atoms with van der Waals surface area (Å²) in [4.78, 5) is 10.9. The van der Waals surface area contributed by atoms with Crippen LogP contribution in [0.5, 0.6) is 5.75 Å². The monoisotopic (exact) mass is 355 g/mol. The summed E-state index contributed by atoms with van der Waals surface area (Å²) >= 11 is 0. The molecule has 0 bridgehead atoms. The highest BCUT2D eigenvalue weighted by molar-refractivity contribution is 5.87. The first-order chi connectivity index (χ1) is 12.3. The van der Waals surface area contributed by atoms with Gasteiger partial charge in [0.25, 0.3) is 0 Å². The molecular formula is C22H29NO3. The molecule has 0 heterocycles. The van der Waals surface area contributed by atoms with Crippen molar-refractivity contribution in [3.63, 3.8) is 0 Å². The number of rotatable bonds is 9. The number of nitrogens with one attached hydrogen (secondary N) is 1. The molecule has 0 aliphatic carbocycles. The number of benzene rings is 2. The van der Waals surface area contributed by atoms with Crippen LogP contribution in [0.1, 0.15) is 49.2 Å². The lowest BCUT2D eigenvalue weighted by Crippen LogP contribution is -2.32. The van der Waals surface area contributed by atoms with Crippen molar-refractivity contribution < 1.29 is 14.6 Å². The van der Waals surface area contributed by atoms with Gasteiger partial charge in [-0.15, -0.1) is 0 Å². The molecular weight excluding hydrogens is 326 g/mol. The highest BCUT2D eigenvalue weighted by Gasteiger charge is 2.20. The molecule has 0 radical (unpaired) electrons. The maximum absolute atomic E-state index is 10.9. The Morgan fingerprint density at radius 1 is 1.08 bits per heavy atom. The molecule has 0 aromatic heterocycles. The van der Waals surface area contributed by atoms with Gasteiger partial charge in [0.1, 0.15) is 5.75 Å². The van der Waals surface area contributed by atoms with Gasteiger partial charge in [-0.1, -0.05) is 52.0 Å². The summed E-state index contributed by atoms with van der Waals surface area (Å²) in [5, 5.41) is 12.4. The fraction of sp³-hybridized carbons (Fsp3) is 0.409. The van der Waals surface area contributed by atoms with Gasteiger partial charge in [0.15, 0.2) is 0 Å². The lowest BCUT2D eigenvalue weighted by Gasteiger charge is -2.26. The third-order valence-electron chi connectivity index (χ3n) is 4.32. The number of aromatic carboxylic acids is 1. The number of carbonyl (C=O) groups is 1. The molecule has 140 valence electrons. The number of ether oxygens (including phenoxy) is 1. The van der Waals surface area contributed by atoms with Gasteiger partial charge in [-0.2, -0.15) is 0 Å². The van der Waals surface area contributed by atoms with E-state index in [1.54, 1.807) is 12.1 Å². The molecule has 4 nitrogen and oxygen atoms in total. The molecule has 0 unspecified atom stereocenters. The lowest BCUT2D eigenvalue weighted by molar-refractivity contribution is 0.0697. The van der Waals surface area contributed by atoms with Gasteiger partial charge < -0.3 is 15.2 Å². The van der Waals surface area contributed by atoms with Crippen molar-refractivity contribution in [1.82, 2.24) is 5.32 Å². The first-order valence-electron chi connectivity index (χ1n) is 9.04. The Kier molecular flexibility index (Phi) is 6.81. The summed E-state index contributed by atoms with van der Waals surface area (Å²) in [6.07, 6.45) is 0. The largest absolute Gasteiger partial charge is 0.493 e. The van der Waals surface area contributed by atoms with Crippen molar-refractivity contribution in [2.75, 3.05) is 13.2 Å². The van der Waals surface area contributed by atoms with E-state index in [1.807, 2.05) is 24.3 Å². The van der Waals surface area contributed by atoms with Crippen LogP contribution >= 0.6 is 0 Å². The summed E-state index contributed by atoms with van der Waals surface area (Å²) in [6, 6.07) is 15.3. The molecule has 0 fully saturated rings. The predicted molar refractivity (Wildman–Crippen MR) is 105 cm³/mol. The van der Waals surface area contributed by atoms with Crippen molar-refractivity contribution in [3.05, 3.63) is 65.2 Å². The van der Waals surface area contributed by atoms with Crippen molar-refractivity contribution >= 4 is 5.97 Å². The minimum atomic E-state index is -0.897. The highest BCUT2D eigenvalue weighted by Crippen LogP contribution is 2.25. The third-order valence-corrected chi connectivity index (χ3v) is 4.32. The molecule has 0 atom stereocenters. The minimum Gasteiger partial charge on any atom is -0.493 e. The van der Waals surface area contributed by atoms with Crippen molar-refractivity contribution in [3.8, 4) is 5.75 Å². The standard InChI is InChI=1S/C22H29NO3/c1-16(2)14-26-20-11-9-19(10-12-20)22(3,4)15-23-13-17-5-7-18(8-6-17)21(24)25/h5-12,16,23H,13-15H2,1-4H3,(H,24,25). The molecule has 2 aromatic carbocycles. The van der Waals surface area contributed by atoms with Crippen LogP contribution in [0.4, 0.5) is 0 Å². The van der Waals surface area contributed by atoms with E-state index in [0.29, 0.717) is 18.0 Å². The van der Waals surface area contributed by atoms with Crippen LogP contribution in [0.25, 0.3) is 0 Å². The number of hydrogen-bond acceptors (Lipinski definition) is 3. The molecule has 0 amide bonds. The zero-order valence-electron chi connectivity index (χ0n) is 16.1. The summed E-state index contributed by atoms with van der Waals surface area (Å²) < 4.78 is 5.74. The second kappa shape index (κ2) is 8.86. The topological polar surface area (TPSA) is 58.6 Å². The molecule has 2 rings (SSSR count). The lowest BCUT2D eigenvalue weighted by atomic mass is 9.84. The van der Waals surface area contributed by atoms with Gasteiger partial charge in [0, 0.05) is 18.5 Å². The van der Waals surface area contributed by atoms with E-state index >= 15 is 0 Å². The molecule has 2 N–H and O–H groups in total. The van der Waals surface area contributed by atoms with E-state index in [9.17, 15) is 4.79 Å². The zero-order chi connectivity index (χ0) is 19.2. The Hall–Kier alpha value is -2.33. The van der Waals surface area contributed by atoms with Crippen LogP contribution in [-0.2, 0) is 12.0 Å². The summed E-state index contributed by atoms with van der Waals surface area (Å²) in [6.45, 7) is 10.9. The first kappa shape index (κ1) is 20.0. The number of carboxylic acids is 1. The van der Waals surface area contributed by atoms with Crippen LogP contribution in [0.2, 0.25) is 0 Å². The second-order valence-corrected chi connectivity index (χ2v) is 7.72. The average molecular weight is 355 g/mol. The van der Waals surface area contributed by atoms with Crippen LogP contribution in [0.15, 0.2) is 48.5 Å². The molecule has 0 saturated carbocycles. The third kappa shape index (κ3) is 5.88. The predicted octanol–water partition coefficient (Wildman–Crippen LogP) is 4.49. The van der Waals surface area contributed by atoms with Crippen LogP contribution < -0.4 is 10.1 Å². The molecule has 0 aliphatic heterocycles. The van der Waals surface area contributed by atoms with E-state index in [1.165, 1.54) is 5.56 Å². The Morgan fingerprint density at radius 2 is 1.69 bits per heavy atom. The van der Waals surface area contributed by atoms with Crippen molar-refractivity contribution in [2.45, 2.75) is 39.7 Å². The molecule has 4 heteroatoms. The highest BCUT2D eigenvalue weighted by atomic mass is 16.5. The van der Waals surface area contributed by atoms with Crippen LogP contribution in [0, 0.1) is 5.92 Å². The van der Waals surface area contributed by atoms with Gasteiger partial charge in [0.05, 0.1) is 12.2 Å². The van der Waals surface area contributed by atoms with E-state index < -0.39 is 5.97 Å². The maximum atomic E-state index is 10.9. The first-order valence-corrected chi connectivity index (χ1v) is 9.04. The van der Waals surface area contributed by atoms with E-state index in [2.05, 4.69) is 45.1 Å². The summed E-state index contributed by atoms with van der Waals surface area (Å²) in [5.41, 5.74) is 2.62. The van der Waals surface area contributed by atoms with Crippen LogP contribution in [0.3, 0.4) is 0 Å². The normalized spacial score (nSPS) is 11.6. The Balaban J connectivity index is 1.88. The number of carboxylic acid groups (broad SMARTS) is 1. The van der Waals surface area contributed by atoms with Crippen molar-refractivity contribution in [1.29, 1.82) is 0 Å². The fourth-order valence-electron chi connectivity index (χ4n) is 2.65. The maximum Gasteiger partial charge on any atom is 0.335 e. The SMILES string of the molecule is CC(C)COc1ccc(C(C)(C)CNCc2ccc(C(=O)O)cc2)cc1. The molecule has 0 aliphatic rings. The second-order valence-electron chi connectivity index (χ2n) is 7.72. The van der Waals surface area contributed by atoms with Crippen molar-refractivity contribution in [2.24, 2.45) is 5.92 Å². The average Bonchev–Trinajstić information content (AvgIpc) is 2.60. The zero-order valence-corrected chi connectivity index (χ0v) is 16.1. The Morgan fingerprint density at radius 3 is 2.23 bits per heavy atom. The van der Waals surface area contributed by atoms with Crippen LogP contribution in [-0.4, -0.2) is 24.2 Å².